The molecule has 2 atom stereocenters. The molecule has 2 amide bonds. The van der Waals surface area contributed by atoms with Crippen molar-refractivity contribution in [3.63, 3.8) is 0 Å². The summed E-state index contributed by atoms with van der Waals surface area (Å²) in [4.78, 5) is 31.5. The van der Waals surface area contributed by atoms with Crippen molar-refractivity contribution in [2.75, 3.05) is 11.8 Å². The highest BCUT2D eigenvalue weighted by atomic mass is 32.2. The van der Waals surface area contributed by atoms with Gasteiger partial charge in [-0.25, -0.2) is 9.78 Å². The van der Waals surface area contributed by atoms with E-state index in [2.05, 4.69) is 10.6 Å². The molecule has 2 aromatic carbocycles. The Balaban J connectivity index is 1.56. The fourth-order valence-electron chi connectivity index (χ4n) is 4.19. The molecular weight excluding hydrogens is 516 g/mol. The van der Waals surface area contributed by atoms with Gasteiger partial charge in [0.2, 0.25) is 5.91 Å². The van der Waals surface area contributed by atoms with Crippen LogP contribution in [-0.4, -0.2) is 43.1 Å². The number of hydrogen-bond acceptors (Lipinski definition) is 7. The quantitative estimate of drug-likeness (QED) is 0.287. The van der Waals surface area contributed by atoms with E-state index in [1.165, 1.54) is 24.1 Å². The van der Waals surface area contributed by atoms with Gasteiger partial charge in [-0.05, 0) is 48.9 Å². The van der Waals surface area contributed by atoms with Gasteiger partial charge in [0, 0.05) is 11.3 Å². The SMILES string of the molecule is COC(=O)NC(Cc1ccccc1)C(=O)NC(Cc1ccc(NS(=O)(=O)O)cc1)c1nc2c(s1)CCC2. The molecule has 3 aromatic rings. The number of nitrogens with one attached hydrogen (secondary N) is 3. The highest BCUT2D eigenvalue weighted by molar-refractivity contribution is 7.87. The Morgan fingerprint density at radius 1 is 1.03 bits per heavy atom. The second kappa shape index (κ2) is 11.7. The number of alkyl carbamates (subject to hydrolysis) is 1. The summed E-state index contributed by atoms with van der Waals surface area (Å²) in [6, 6.07) is 14.5. The van der Waals surface area contributed by atoms with Gasteiger partial charge in [0.05, 0.1) is 24.5 Å². The summed E-state index contributed by atoms with van der Waals surface area (Å²) in [7, 11) is -3.13. The number of amides is 2. The average Bonchev–Trinajstić information content (AvgIpc) is 3.47. The number of carbonyl (C=O) groups excluding carboxylic acids is 2. The Hall–Kier alpha value is -3.48. The number of fused-ring (bicyclic) bond motifs is 1. The normalized spacial score (nSPS) is 14.3. The average molecular weight is 545 g/mol. The monoisotopic (exact) mass is 544 g/mol. The highest BCUT2D eigenvalue weighted by Crippen LogP contribution is 2.32. The smallest absolute Gasteiger partial charge is 0.407 e. The van der Waals surface area contributed by atoms with Crippen LogP contribution in [0.1, 0.15) is 39.2 Å². The van der Waals surface area contributed by atoms with Gasteiger partial charge in [0.15, 0.2) is 0 Å². The molecule has 1 aliphatic carbocycles. The first-order valence-electron chi connectivity index (χ1n) is 11.7. The minimum absolute atomic E-state index is 0.213. The number of nitrogens with zero attached hydrogens (tertiary/aromatic N) is 1. The molecule has 2 unspecified atom stereocenters. The van der Waals surface area contributed by atoms with Gasteiger partial charge < -0.3 is 15.4 Å². The molecular formula is C25H28N4O6S2. The van der Waals surface area contributed by atoms with Crippen molar-refractivity contribution in [2.45, 2.75) is 44.2 Å². The maximum Gasteiger partial charge on any atom is 0.407 e. The van der Waals surface area contributed by atoms with E-state index >= 15 is 0 Å². The molecule has 1 aromatic heterocycles. The third-order valence-electron chi connectivity index (χ3n) is 5.94. The van der Waals surface area contributed by atoms with Gasteiger partial charge >= 0.3 is 16.4 Å². The zero-order chi connectivity index (χ0) is 26.4. The van der Waals surface area contributed by atoms with Crippen LogP contribution in [0.2, 0.25) is 0 Å². The van der Waals surface area contributed by atoms with Gasteiger partial charge in [-0.15, -0.1) is 11.3 Å². The van der Waals surface area contributed by atoms with Crippen LogP contribution < -0.4 is 15.4 Å². The summed E-state index contributed by atoms with van der Waals surface area (Å²) in [6.45, 7) is 0. The summed E-state index contributed by atoms with van der Waals surface area (Å²) in [5, 5.41) is 6.46. The molecule has 1 aliphatic rings. The van der Waals surface area contributed by atoms with E-state index in [9.17, 15) is 18.0 Å². The van der Waals surface area contributed by atoms with Crippen LogP contribution in [0.3, 0.4) is 0 Å². The van der Waals surface area contributed by atoms with Crippen LogP contribution in [0.25, 0.3) is 0 Å². The number of thiazole rings is 1. The Kier molecular flexibility index (Phi) is 8.41. The van der Waals surface area contributed by atoms with Crippen molar-refractivity contribution in [1.82, 2.24) is 15.6 Å². The van der Waals surface area contributed by atoms with Crippen LogP contribution in [0.4, 0.5) is 10.5 Å². The van der Waals surface area contributed by atoms with E-state index in [1.54, 1.807) is 23.5 Å². The van der Waals surface area contributed by atoms with Crippen LogP contribution in [0.15, 0.2) is 54.6 Å². The molecule has 4 rings (SSSR count). The van der Waals surface area contributed by atoms with Crippen LogP contribution in [0.5, 0.6) is 0 Å². The van der Waals surface area contributed by atoms with Crippen LogP contribution in [-0.2, 0) is 45.5 Å². The first kappa shape index (κ1) is 26.6. The zero-order valence-corrected chi connectivity index (χ0v) is 21.8. The molecule has 0 radical (unpaired) electrons. The van der Waals surface area contributed by atoms with E-state index in [-0.39, 0.29) is 18.0 Å². The maximum atomic E-state index is 13.5. The zero-order valence-electron chi connectivity index (χ0n) is 20.1. The minimum Gasteiger partial charge on any atom is -0.453 e. The Morgan fingerprint density at radius 2 is 1.73 bits per heavy atom. The molecule has 0 fully saturated rings. The molecule has 37 heavy (non-hydrogen) atoms. The number of carbonyl (C=O) groups is 2. The van der Waals surface area contributed by atoms with Crippen molar-refractivity contribution in [2.24, 2.45) is 0 Å². The van der Waals surface area contributed by atoms with E-state index in [4.69, 9.17) is 14.3 Å². The molecule has 4 N–H and O–H groups in total. The molecule has 0 saturated heterocycles. The molecule has 1 heterocycles. The lowest BCUT2D eigenvalue weighted by molar-refractivity contribution is -0.123. The Labute approximate surface area is 219 Å². The molecule has 12 heteroatoms. The number of aryl methyl sites for hydroxylation is 2. The number of hydrogen-bond donors (Lipinski definition) is 4. The standard InChI is InChI=1S/C25H28N4O6S2/c1-35-25(31)28-20(14-16-6-3-2-4-7-16)23(30)26-21(24-27-19-8-5-9-22(19)36-24)15-17-10-12-18(13-11-17)29-37(32,33)34/h2-4,6-7,10-13,20-21,29H,5,8-9,14-15H2,1H3,(H,26,30)(H,28,31)(H,32,33,34). The first-order chi connectivity index (χ1) is 17.7. The van der Waals surface area contributed by atoms with E-state index in [0.717, 1.165) is 41.1 Å². The van der Waals surface area contributed by atoms with E-state index in [0.29, 0.717) is 6.42 Å². The van der Waals surface area contributed by atoms with Gasteiger partial charge in [0.1, 0.15) is 11.0 Å². The summed E-state index contributed by atoms with van der Waals surface area (Å²) in [6.07, 6.45) is 2.89. The summed E-state index contributed by atoms with van der Waals surface area (Å²) >= 11 is 1.57. The van der Waals surface area contributed by atoms with Gasteiger partial charge in [-0.2, -0.15) is 8.42 Å². The van der Waals surface area contributed by atoms with Crippen molar-refractivity contribution >= 4 is 39.3 Å². The largest absolute Gasteiger partial charge is 0.453 e. The minimum atomic E-state index is -4.38. The Bertz CT molecular complexity index is 1320. The van der Waals surface area contributed by atoms with Gasteiger partial charge in [-0.3, -0.25) is 14.1 Å². The predicted molar refractivity (Wildman–Crippen MR) is 140 cm³/mol. The molecule has 0 spiro atoms. The lowest BCUT2D eigenvalue weighted by Crippen LogP contribution is -2.49. The fourth-order valence-corrected chi connectivity index (χ4v) is 5.82. The lowest BCUT2D eigenvalue weighted by atomic mass is 10.0. The second-order valence-electron chi connectivity index (χ2n) is 8.69. The number of rotatable bonds is 10. The second-order valence-corrected chi connectivity index (χ2v) is 11.0. The van der Waals surface area contributed by atoms with Crippen LogP contribution >= 0.6 is 11.3 Å². The summed E-state index contributed by atoms with van der Waals surface area (Å²) in [5.41, 5.74) is 2.97. The predicted octanol–water partition coefficient (Wildman–Crippen LogP) is 3.21. The molecule has 196 valence electrons. The van der Waals surface area contributed by atoms with Crippen molar-refractivity contribution < 1.29 is 27.3 Å². The number of ether oxygens (including phenoxy) is 1. The van der Waals surface area contributed by atoms with Crippen molar-refractivity contribution in [1.29, 1.82) is 0 Å². The lowest BCUT2D eigenvalue weighted by Gasteiger charge is -2.22. The third-order valence-corrected chi connectivity index (χ3v) is 7.71. The number of anilines is 1. The molecule has 0 bridgehead atoms. The number of methoxy groups -OCH3 is 1. The molecule has 10 nitrogen and oxygen atoms in total. The number of benzene rings is 2. The van der Waals surface area contributed by atoms with Gasteiger partial charge in [-0.1, -0.05) is 42.5 Å². The summed E-state index contributed by atoms with van der Waals surface area (Å²) < 4.78 is 37.9. The fraction of sp³-hybridized carbons (Fsp3) is 0.320. The highest BCUT2D eigenvalue weighted by Gasteiger charge is 2.28. The van der Waals surface area contributed by atoms with Crippen LogP contribution in [0, 0.1) is 0 Å². The van der Waals surface area contributed by atoms with Crippen molar-refractivity contribution in [3.05, 3.63) is 81.3 Å². The van der Waals surface area contributed by atoms with Crippen molar-refractivity contribution in [3.8, 4) is 0 Å². The summed E-state index contributed by atoms with van der Waals surface area (Å²) in [5.74, 6) is -0.376. The first-order valence-corrected chi connectivity index (χ1v) is 14.0. The van der Waals surface area contributed by atoms with Gasteiger partial charge in [0.25, 0.3) is 0 Å². The molecule has 0 aliphatic heterocycles. The Morgan fingerprint density at radius 3 is 2.38 bits per heavy atom. The number of aromatic nitrogens is 1. The topological polar surface area (TPSA) is 147 Å². The third kappa shape index (κ3) is 7.51. The van der Waals surface area contributed by atoms with E-state index in [1.807, 2.05) is 35.1 Å². The van der Waals surface area contributed by atoms with E-state index < -0.39 is 28.5 Å². The molecule has 0 saturated carbocycles. The maximum absolute atomic E-state index is 13.5.